The van der Waals surface area contributed by atoms with E-state index in [4.69, 9.17) is 0 Å². The zero-order valence-electron chi connectivity index (χ0n) is 11.7. The summed E-state index contributed by atoms with van der Waals surface area (Å²) in [4.78, 5) is 16.8. The number of hydrogen-bond donors (Lipinski definition) is 1. The van der Waals surface area contributed by atoms with Crippen molar-refractivity contribution in [1.29, 1.82) is 0 Å². The van der Waals surface area contributed by atoms with Crippen LogP contribution in [0.15, 0.2) is 47.1 Å². The maximum atomic E-state index is 12.3. The fourth-order valence-corrected chi connectivity index (χ4v) is 2.46. The number of nitrogens with zero attached hydrogens (tertiary/aromatic N) is 2. The van der Waals surface area contributed by atoms with Crippen molar-refractivity contribution in [2.45, 2.75) is 13.8 Å². The van der Waals surface area contributed by atoms with Crippen molar-refractivity contribution in [2.24, 2.45) is 0 Å². The molecule has 3 aromatic rings. The van der Waals surface area contributed by atoms with E-state index in [1.54, 1.807) is 12.1 Å². The van der Waals surface area contributed by atoms with E-state index in [-0.39, 0.29) is 5.91 Å². The SMILES string of the molecule is Cc1nc2c(NC(=O)c3ccc(Br)cc3)cccn2c1C. The maximum absolute atomic E-state index is 12.3. The highest BCUT2D eigenvalue weighted by Crippen LogP contribution is 2.20. The first-order valence-electron chi connectivity index (χ1n) is 6.57. The molecule has 0 aliphatic carbocycles. The number of aromatic nitrogens is 2. The van der Waals surface area contributed by atoms with Crippen molar-refractivity contribution in [2.75, 3.05) is 5.32 Å². The minimum absolute atomic E-state index is 0.145. The van der Waals surface area contributed by atoms with E-state index < -0.39 is 0 Å². The Labute approximate surface area is 131 Å². The number of nitrogens with one attached hydrogen (secondary N) is 1. The van der Waals surface area contributed by atoms with Gasteiger partial charge in [-0.25, -0.2) is 4.98 Å². The Morgan fingerprint density at radius 1 is 1.19 bits per heavy atom. The summed E-state index contributed by atoms with van der Waals surface area (Å²) in [5.74, 6) is -0.145. The molecule has 0 fully saturated rings. The van der Waals surface area contributed by atoms with Crippen LogP contribution in [0.5, 0.6) is 0 Å². The molecule has 0 aliphatic heterocycles. The zero-order valence-corrected chi connectivity index (χ0v) is 13.3. The van der Waals surface area contributed by atoms with Gasteiger partial charge in [-0.15, -0.1) is 0 Å². The van der Waals surface area contributed by atoms with Crippen LogP contribution in [0, 0.1) is 13.8 Å². The number of fused-ring (bicyclic) bond motifs is 1. The topological polar surface area (TPSA) is 46.4 Å². The van der Waals surface area contributed by atoms with E-state index in [9.17, 15) is 4.79 Å². The van der Waals surface area contributed by atoms with Crippen LogP contribution >= 0.6 is 15.9 Å². The van der Waals surface area contributed by atoms with Crippen LogP contribution in [-0.4, -0.2) is 15.3 Å². The molecule has 106 valence electrons. The number of halogens is 1. The lowest BCUT2D eigenvalue weighted by molar-refractivity contribution is 0.102. The molecule has 0 atom stereocenters. The van der Waals surface area contributed by atoms with Gasteiger partial charge in [-0.3, -0.25) is 4.79 Å². The first kappa shape index (κ1) is 13.8. The molecule has 1 aromatic carbocycles. The molecule has 3 rings (SSSR count). The number of anilines is 1. The zero-order chi connectivity index (χ0) is 15.0. The molecule has 1 amide bonds. The van der Waals surface area contributed by atoms with E-state index >= 15 is 0 Å². The summed E-state index contributed by atoms with van der Waals surface area (Å²) in [7, 11) is 0. The molecule has 0 bridgehead atoms. The second-order valence-corrected chi connectivity index (χ2v) is 5.77. The summed E-state index contributed by atoms with van der Waals surface area (Å²) in [6, 6.07) is 11.0. The monoisotopic (exact) mass is 343 g/mol. The summed E-state index contributed by atoms with van der Waals surface area (Å²) in [5, 5.41) is 2.92. The van der Waals surface area contributed by atoms with Gasteiger partial charge in [-0.1, -0.05) is 15.9 Å². The van der Waals surface area contributed by atoms with Crippen LogP contribution in [0.25, 0.3) is 5.65 Å². The Balaban J connectivity index is 1.96. The Hall–Kier alpha value is -2.14. The van der Waals surface area contributed by atoms with Crippen LogP contribution in [0.3, 0.4) is 0 Å². The highest BCUT2D eigenvalue weighted by Gasteiger charge is 2.11. The number of hydrogen-bond acceptors (Lipinski definition) is 2. The molecule has 2 aromatic heterocycles. The maximum Gasteiger partial charge on any atom is 0.255 e. The number of aryl methyl sites for hydroxylation is 2. The highest BCUT2D eigenvalue weighted by molar-refractivity contribution is 9.10. The molecular weight excluding hydrogens is 330 g/mol. The minimum Gasteiger partial charge on any atom is -0.319 e. The number of amides is 1. The van der Waals surface area contributed by atoms with Gasteiger partial charge in [0.15, 0.2) is 5.65 Å². The lowest BCUT2D eigenvalue weighted by Crippen LogP contribution is -2.12. The number of pyridine rings is 1. The summed E-state index contributed by atoms with van der Waals surface area (Å²) in [5.41, 5.74) is 4.12. The van der Waals surface area contributed by atoms with E-state index in [1.807, 2.05) is 48.7 Å². The molecule has 0 unspecified atom stereocenters. The molecular formula is C16H14BrN3O. The second kappa shape index (κ2) is 5.33. The van der Waals surface area contributed by atoms with Gasteiger partial charge in [0.25, 0.3) is 5.91 Å². The summed E-state index contributed by atoms with van der Waals surface area (Å²) >= 11 is 3.36. The number of carbonyl (C=O) groups excluding carboxylic acids is 1. The predicted molar refractivity (Wildman–Crippen MR) is 86.8 cm³/mol. The van der Waals surface area contributed by atoms with Gasteiger partial charge >= 0.3 is 0 Å². The molecule has 0 spiro atoms. The van der Waals surface area contributed by atoms with Gasteiger partial charge in [0.1, 0.15) is 0 Å². The Bertz CT molecular complexity index is 821. The Morgan fingerprint density at radius 3 is 2.62 bits per heavy atom. The molecule has 0 saturated carbocycles. The quantitative estimate of drug-likeness (QED) is 0.765. The average Bonchev–Trinajstić information content (AvgIpc) is 2.77. The van der Waals surface area contributed by atoms with Crippen molar-refractivity contribution >= 4 is 33.2 Å². The normalized spacial score (nSPS) is 10.8. The number of rotatable bonds is 2. The van der Waals surface area contributed by atoms with Crippen LogP contribution < -0.4 is 5.32 Å². The summed E-state index contributed by atoms with van der Waals surface area (Å²) in [6.07, 6.45) is 1.94. The van der Waals surface area contributed by atoms with Crippen molar-refractivity contribution in [3.05, 3.63) is 64.0 Å². The lowest BCUT2D eigenvalue weighted by atomic mass is 10.2. The molecule has 0 aliphatic rings. The molecule has 5 heteroatoms. The predicted octanol–water partition coefficient (Wildman–Crippen LogP) is 3.97. The van der Waals surface area contributed by atoms with Gasteiger partial charge in [0.05, 0.1) is 11.4 Å². The largest absolute Gasteiger partial charge is 0.319 e. The van der Waals surface area contributed by atoms with E-state index in [2.05, 4.69) is 26.2 Å². The highest BCUT2D eigenvalue weighted by atomic mass is 79.9. The second-order valence-electron chi connectivity index (χ2n) is 4.86. The minimum atomic E-state index is -0.145. The molecule has 4 nitrogen and oxygen atoms in total. The fraction of sp³-hybridized carbons (Fsp3) is 0.125. The average molecular weight is 344 g/mol. The Morgan fingerprint density at radius 2 is 1.90 bits per heavy atom. The van der Waals surface area contributed by atoms with Gasteiger partial charge < -0.3 is 9.72 Å². The smallest absolute Gasteiger partial charge is 0.255 e. The Kier molecular flexibility index (Phi) is 3.51. The van der Waals surface area contributed by atoms with Gasteiger partial charge in [-0.2, -0.15) is 0 Å². The van der Waals surface area contributed by atoms with Crippen LogP contribution in [0.1, 0.15) is 21.7 Å². The van der Waals surface area contributed by atoms with E-state index in [0.717, 1.165) is 21.5 Å². The fourth-order valence-electron chi connectivity index (χ4n) is 2.19. The standard InChI is InChI=1S/C16H14BrN3O/c1-10-11(2)20-9-3-4-14(15(20)18-10)19-16(21)12-5-7-13(17)8-6-12/h3-9H,1-2H3,(H,19,21). The third kappa shape index (κ3) is 2.56. The third-order valence-corrected chi connectivity index (χ3v) is 4.01. The van der Waals surface area contributed by atoms with Crippen LogP contribution in [-0.2, 0) is 0 Å². The van der Waals surface area contributed by atoms with Gasteiger partial charge in [0.2, 0.25) is 0 Å². The first-order valence-corrected chi connectivity index (χ1v) is 7.37. The molecule has 2 heterocycles. The van der Waals surface area contributed by atoms with Crippen molar-refractivity contribution in [1.82, 2.24) is 9.38 Å². The molecule has 0 saturated heterocycles. The van der Waals surface area contributed by atoms with E-state index in [1.165, 1.54) is 0 Å². The van der Waals surface area contributed by atoms with Gasteiger partial charge in [-0.05, 0) is 50.2 Å². The van der Waals surface area contributed by atoms with Gasteiger partial charge in [0, 0.05) is 21.9 Å². The number of imidazole rings is 1. The van der Waals surface area contributed by atoms with Crippen molar-refractivity contribution < 1.29 is 4.79 Å². The molecule has 1 N–H and O–H groups in total. The lowest BCUT2D eigenvalue weighted by Gasteiger charge is -2.07. The number of carbonyl (C=O) groups is 1. The molecule has 21 heavy (non-hydrogen) atoms. The van der Waals surface area contributed by atoms with Crippen LogP contribution in [0.2, 0.25) is 0 Å². The summed E-state index contributed by atoms with van der Waals surface area (Å²) in [6.45, 7) is 3.97. The van der Waals surface area contributed by atoms with E-state index in [0.29, 0.717) is 11.3 Å². The van der Waals surface area contributed by atoms with Crippen LogP contribution in [0.4, 0.5) is 5.69 Å². The van der Waals surface area contributed by atoms with Crippen molar-refractivity contribution in [3.63, 3.8) is 0 Å². The third-order valence-electron chi connectivity index (χ3n) is 3.48. The first-order chi connectivity index (χ1) is 10.1. The summed E-state index contributed by atoms with van der Waals surface area (Å²) < 4.78 is 2.92. The molecule has 0 radical (unpaired) electrons. The van der Waals surface area contributed by atoms with Crippen molar-refractivity contribution in [3.8, 4) is 0 Å². The number of benzene rings is 1.